The van der Waals surface area contributed by atoms with Crippen molar-refractivity contribution in [3.63, 3.8) is 0 Å². The lowest BCUT2D eigenvalue weighted by Gasteiger charge is -2.07. The first kappa shape index (κ1) is 11.5. The fourth-order valence-corrected chi connectivity index (χ4v) is 1.56. The maximum Gasteiger partial charge on any atom is 0.213 e. The van der Waals surface area contributed by atoms with Crippen molar-refractivity contribution >= 4 is 0 Å². The zero-order chi connectivity index (χ0) is 12.3. The second-order valence-electron chi connectivity index (χ2n) is 3.81. The van der Waals surface area contributed by atoms with Crippen LogP contribution in [0.25, 0.3) is 11.3 Å². The molecule has 0 saturated carbocycles. The van der Waals surface area contributed by atoms with Gasteiger partial charge in [-0.2, -0.15) is 0 Å². The molecule has 0 amide bonds. The van der Waals surface area contributed by atoms with Crippen LogP contribution >= 0.6 is 0 Å². The SMILES string of the molecule is CCOc1cc(C)c(-c2cnc(C)cn2)cn1. The van der Waals surface area contributed by atoms with Gasteiger partial charge in [-0.1, -0.05) is 0 Å². The molecule has 0 bridgehead atoms. The van der Waals surface area contributed by atoms with E-state index in [1.54, 1.807) is 18.6 Å². The van der Waals surface area contributed by atoms with Crippen LogP contribution < -0.4 is 4.74 Å². The van der Waals surface area contributed by atoms with Crippen molar-refractivity contribution < 1.29 is 4.74 Å². The van der Waals surface area contributed by atoms with Gasteiger partial charge in [-0.25, -0.2) is 4.98 Å². The molecule has 88 valence electrons. The maximum atomic E-state index is 5.35. The molecule has 0 aromatic carbocycles. The molecule has 2 heterocycles. The van der Waals surface area contributed by atoms with Crippen LogP contribution in [-0.4, -0.2) is 21.6 Å². The molecule has 0 unspecified atom stereocenters. The van der Waals surface area contributed by atoms with Gasteiger partial charge >= 0.3 is 0 Å². The van der Waals surface area contributed by atoms with E-state index in [2.05, 4.69) is 15.0 Å². The Kier molecular flexibility index (Phi) is 3.32. The highest BCUT2D eigenvalue weighted by atomic mass is 16.5. The van der Waals surface area contributed by atoms with E-state index in [1.807, 2.05) is 26.8 Å². The maximum absolute atomic E-state index is 5.35. The van der Waals surface area contributed by atoms with Gasteiger partial charge in [-0.15, -0.1) is 0 Å². The zero-order valence-corrected chi connectivity index (χ0v) is 10.3. The average molecular weight is 229 g/mol. The van der Waals surface area contributed by atoms with E-state index in [1.165, 1.54) is 0 Å². The number of rotatable bonds is 3. The minimum absolute atomic E-state index is 0.621. The Balaban J connectivity index is 2.36. The lowest BCUT2D eigenvalue weighted by molar-refractivity contribution is 0.326. The summed E-state index contributed by atoms with van der Waals surface area (Å²) in [5.74, 6) is 0.647. The largest absolute Gasteiger partial charge is 0.478 e. The molecule has 0 saturated heterocycles. The standard InChI is InChI=1S/C13H15N3O/c1-4-17-13-5-9(2)11(7-16-13)12-8-14-10(3)6-15-12/h5-8H,4H2,1-3H3. The summed E-state index contributed by atoms with van der Waals surface area (Å²) < 4.78 is 5.35. The Morgan fingerprint density at radius 2 is 1.88 bits per heavy atom. The molecule has 17 heavy (non-hydrogen) atoms. The monoisotopic (exact) mass is 229 g/mol. The summed E-state index contributed by atoms with van der Waals surface area (Å²) in [7, 11) is 0. The molecule has 0 aliphatic carbocycles. The first-order chi connectivity index (χ1) is 8.20. The minimum atomic E-state index is 0.621. The molecule has 4 nitrogen and oxygen atoms in total. The summed E-state index contributed by atoms with van der Waals surface area (Å²) in [5, 5.41) is 0. The normalized spacial score (nSPS) is 10.3. The van der Waals surface area contributed by atoms with E-state index in [-0.39, 0.29) is 0 Å². The molecule has 4 heteroatoms. The highest BCUT2D eigenvalue weighted by molar-refractivity contribution is 5.61. The summed E-state index contributed by atoms with van der Waals surface area (Å²) in [4.78, 5) is 12.8. The number of hydrogen-bond donors (Lipinski definition) is 0. The number of aromatic nitrogens is 3. The topological polar surface area (TPSA) is 47.9 Å². The van der Waals surface area contributed by atoms with Crippen molar-refractivity contribution in [2.45, 2.75) is 20.8 Å². The lowest BCUT2D eigenvalue weighted by atomic mass is 10.1. The van der Waals surface area contributed by atoms with Crippen LogP contribution in [0.3, 0.4) is 0 Å². The van der Waals surface area contributed by atoms with Crippen LogP contribution in [0.1, 0.15) is 18.2 Å². The molecular formula is C13H15N3O. The van der Waals surface area contributed by atoms with Gasteiger partial charge in [0.05, 0.1) is 24.2 Å². The summed E-state index contributed by atoms with van der Waals surface area (Å²) in [6.07, 6.45) is 5.30. The molecule has 0 aliphatic rings. The molecule has 0 atom stereocenters. The predicted octanol–water partition coefficient (Wildman–Crippen LogP) is 2.55. The molecule has 2 rings (SSSR count). The highest BCUT2D eigenvalue weighted by Crippen LogP contribution is 2.22. The van der Waals surface area contributed by atoms with Crippen LogP contribution in [0.15, 0.2) is 24.7 Å². The second-order valence-corrected chi connectivity index (χ2v) is 3.81. The summed E-state index contributed by atoms with van der Waals surface area (Å²) in [5.41, 5.74) is 3.82. The van der Waals surface area contributed by atoms with Gasteiger partial charge in [0.25, 0.3) is 0 Å². The second kappa shape index (κ2) is 4.91. The van der Waals surface area contributed by atoms with Crippen LogP contribution in [0.4, 0.5) is 0 Å². The van der Waals surface area contributed by atoms with Gasteiger partial charge in [-0.05, 0) is 26.3 Å². The van der Waals surface area contributed by atoms with Gasteiger partial charge in [0.1, 0.15) is 0 Å². The van der Waals surface area contributed by atoms with Gasteiger partial charge in [0.15, 0.2) is 0 Å². The van der Waals surface area contributed by atoms with Crippen LogP contribution in [0, 0.1) is 13.8 Å². The Bertz CT molecular complexity index is 509. The van der Waals surface area contributed by atoms with E-state index in [9.17, 15) is 0 Å². The molecular weight excluding hydrogens is 214 g/mol. The van der Waals surface area contributed by atoms with Gasteiger partial charge in [0, 0.05) is 24.0 Å². The van der Waals surface area contributed by atoms with Crippen molar-refractivity contribution in [3.8, 4) is 17.1 Å². The Hall–Kier alpha value is -1.97. The Morgan fingerprint density at radius 3 is 2.47 bits per heavy atom. The summed E-state index contributed by atoms with van der Waals surface area (Å²) >= 11 is 0. The van der Waals surface area contributed by atoms with Crippen LogP contribution in [0.2, 0.25) is 0 Å². The predicted molar refractivity (Wildman–Crippen MR) is 65.9 cm³/mol. The highest BCUT2D eigenvalue weighted by Gasteiger charge is 2.06. The lowest BCUT2D eigenvalue weighted by Crippen LogP contribution is -1.97. The zero-order valence-electron chi connectivity index (χ0n) is 10.3. The van der Waals surface area contributed by atoms with E-state index >= 15 is 0 Å². The number of pyridine rings is 1. The van der Waals surface area contributed by atoms with Gasteiger partial charge in [-0.3, -0.25) is 9.97 Å². The summed E-state index contributed by atoms with van der Waals surface area (Å²) in [6, 6.07) is 1.92. The Morgan fingerprint density at radius 1 is 1.06 bits per heavy atom. The fraction of sp³-hybridized carbons (Fsp3) is 0.308. The van der Waals surface area contributed by atoms with Gasteiger partial charge in [0.2, 0.25) is 5.88 Å². The first-order valence-corrected chi connectivity index (χ1v) is 5.59. The number of aryl methyl sites for hydroxylation is 2. The van der Waals surface area contributed by atoms with Crippen molar-refractivity contribution in [2.75, 3.05) is 6.61 Å². The molecule has 0 aliphatic heterocycles. The molecule has 2 aromatic heterocycles. The van der Waals surface area contributed by atoms with Crippen molar-refractivity contribution in [3.05, 3.63) is 35.9 Å². The fourth-order valence-electron chi connectivity index (χ4n) is 1.56. The third kappa shape index (κ3) is 2.58. The minimum Gasteiger partial charge on any atom is -0.478 e. The Labute approximate surface area is 101 Å². The first-order valence-electron chi connectivity index (χ1n) is 5.59. The van der Waals surface area contributed by atoms with Crippen molar-refractivity contribution in [1.82, 2.24) is 15.0 Å². The molecule has 0 N–H and O–H groups in total. The average Bonchev–Trinajstić information content (AvgIpc) is 2.31. The number of nitrogens with zero attached hydrogens (tertiary/aromatic N) is 3. The quantitative estimate of drug-likeness (QED) is 0.811. The van der Waals surface area contributed by atoms with E-state index in [0.717, 1.165) is 22.5 Å². The molecule has 0 fully saturated rings. The van der Waals surface area contributed by atoms with E-state index in [4.69, 9.17) is 4.74 Å². The summed E-state index contributed by atoms with van der Waals surface area (Å²) in [6.45, 7) is 6.49. The van der Waals surface area contributed by atoms with Gasteiger partial charge < -0.3 is 4.74 Å². The van der Waals surface area contributed by atoms with Crippen LogP contribution in [-0.2, 0) is 0 Å². The van der Waals surface area contributed by atoms with Crippen LogP contribution in [0.5, 0.6) is 5.88 Å². The van der Waals surface area contributed by atoms with Crippen molar-refractivity contribution in [2.24, 2.45) is 0 Å². The molecule has 0 spiro atoms. The molecule has 2 aromatic rings. The van der Waals surface area contributed by atoms with E-state index < -0.39 is 0 Å². The number of hydrogen-bond acceptors (Lipinski definition) is 4. The van der Waals surface area contributed by atoms with E-state index in [0.29, 0.717) is 12.5 Å². The third-order valence-corrected chi connectivity index (χ3v) is 2.43. The third-order valence-electron chi connectivity index (χ3n) is 2.43. The molecule has 0 radical (unpaired) electrons. The number of ether oxygens (including phenoxy) is 1. The van der Waals surface area contributed by atoms with Crippen molar-refractivity contribution in [1.29, 1.82) is 0 Å². The smallest absolute Gasteiger partial charge is 0.213 e.